The number of hydrogen-bond donors (Lipinski definition) is 1. The van der Waals surface area contributed by atoms with Crippen molar-refractivity contribution in [2.24, 2.45) is 0 Å². The van der Waals surface area contributed by atoms with Gasteiger partial charge in [0.2, 0.25) is 11.1 Å². The standard InChI is InChI=1S/C26H29ClN4O4S/c1-5-13-36-26-29-25-28-16(3)22(24(32)33-4)23(31(25)30-26)17-11-12-20(21(14-17)34-6-2)35-15-18-9-7-8-10-19(18)27/h7-12,14,23H,5-6,13,15H2,1-4H3,(H,28,29,30). The number of hydrogen-bond acceptors (Lipinski definition) is 8. The molecule has 1 unspecified atom stereocenters. The fourth-order valence-corrected chi connectivity index (χ4v) is 4.80. The van der Waals surface area contributed by atoms with E-state index in [0.717, 1.165) is 23.3 Å². The summed E-state index contributed by atoms with van der Waals surface area (Å²) in [4.78, 5) is 17.5. The van der Waals surface area contributed by atoms with E-state index in [1.54, 1.807) is 16.4 Å². The van der Waals surface area contributed by atoms with Gasteiger partial charge in [-0.25, -0.2) is 9.48 Å². The van der Waals surface area contributed by atoms with Crippen molar-refractivity contribution >= 4 is 35.3 Å². The quantitative estimate of drug-likeness (QED) is 0.258. The molecule has 0 amide bonds. The minimum absolute atomic E-state index is 0.296. The maximum Gasteiger partial charge on any atom is 0.338 e. The molecular weight excluding hydrogens is 500 g/mol. The van der Waals surface area contributed by atoms with Crippen molar-refractivity contribution in [3.63, 3.8) is 0 Å². The van der Waals surface area contributed by atoms with Gasteiger partial charge in [-0.1, -0.05) is 54.6 Å². The van der Waals surface area contributed by atoms with Crippen LogP contribution in [0.4, 0.5) is 5.95 Å². The van der Waals surface area contributed by atoms with E-state index in [-0.39, 0.29) is 0 Å². The number of carbonyl (C=O) groups is 1. The lowest BCUT2D eigenvalue weighted by molar-refractivity contribution is -0.136. The van der Waals surface area contributed by atoms with Gasteiger partial charge < -0.3 is 19.5 Å². The van der Waals surface area contributed by atoms with E-state index >= 15 is 0 Å². The smallest absolute Gasteiger partial charge is 0.338 e. The highest BCUT2D eigenvalue weighted by Crippen LogP contribution is 2.40. The molecule has 10 heteroatoms. The largest absolute Gasteiger partial charge is 0.490 e. The van der Waals surface area contributed by atoms with Gasteiger partial charge in [-0.2, -0.15) is 4.98 Å². The topological polar surface area (TPSA) is 87.5 Å². The third-order valence-electron chi connectivity index (χ3n) is 5.60. The molecule has 2 aromatic carbocycles. The summed E-state index contributed by atoms with van der Waals surface area (Å²) in [7, 11) is 1.37. The van der Waals surface area contributed by atoms with Crippen molar-refractivity contribution in [1.29, 1.82) is 0 Å². The fourth-order valence-electron chi connectivity index (χ4n) is 3.92. The van der Waals surface area contributed by atoms with Crippen molar-refractivity contribution in [3.05, 3.63) is 69.9 Å². The molecule has 0 saturated carbocycles. The Balaban J connectivity index is 1.73. The van der Waals surface area contributed by atoms with Crippen LogP contribution in [0.5, 0.6) is 11.5 Å². The van der Waals surface area contributed by atoms with Gasteiger partial charge in [0.05, 0.1) is 19.3 Å². The van der Waals surface area contributed by atoms with E-state index in [9.17, 15) is 4.79 Å². The molecule has 0 saturated heterocycles. The Labute approximate surface area is 220 Å². The molecular formula is C26H29ClN4O4S. The third kappa shape index (κ3) is 5.47. The molecule has 1 N–H and O–H groups in total. The van der Waals surface area contributed by atoms with E-state index in [2.05, 4.69) is 17.2 Å². The van der Waals surface area contributed by atoms with Gasteiger partial charge >= 0.3 is 5.97 Å². The monoisotopic (exact) mass is 528 g/mol. The lowest BCUT2D eigenvalue weighted by Crippen LogP contribution is -2.29. The van der Waals surface area contributed by atoms with Gasteiger partial charge in [-0.3, -0.25) is 0 Å². The molecule has 36 heavy (non-hydrogen) atoms. The minimum atomic E-state index is -0.547. The first-order valence-corrected chi connectivity index (χ1v) is 13.1. The minimum Gasteiger partial charge on any atom is -0.490 e. The average molecular weight is 529 g/mol. The first-order chi connectivity index (χ1) is 17.5. The molecule has 190 valence electrons. The van der Waals surface area contributed by atoms with Crippen LogP contribution in [-0.2, 0) is 16.1 Å². The number of esters is 1. The summed E-state index contributed by atoms with van der Waals surface area (Å²) in [6.45, 7) is 6.59. The summed E-state index contributed by atoms with van der Waals surface area (Å²) < 4.78 is 18.9. The number of carbonyl (C=O) groups excluding carboxylic acids is 1. The zero-order chi connectivity index (χ0) is 25.7. The van der Waals surface area contributed by atoms with Crippen molar-refractivity contribution in [3.8, 4) is 11.5 Å². The summed E-state index contributed by atoms with van der Waals surface area (Å²) in [5.74, 6) is 2.17. The van der Waals surface area contributed by atoms with Crippen LogP contribution in [-0.4, -0.2) is 40.2 Å². The van der Waals surface area contributed by atoms with Crippen molar-refractivity contribution in [1.82, 2.24) is 14.8 Å². The maximum atomic E-state index is 12.9. The summed E-state index contributed by atoms with van der Waals surface area (Å²) in [6.07, 6.45) is 1.00. The van der Waals surface area contributed by atoms with Crippen LogP contribution >= 0.6 is 23.4 Å². The predicted molar refractivity (Wildman–Crippen MR) is 141 cm³/mol. The van der Waals surface area contributed by atoms with E-state index in [0.29, 0.717) is 52.1 Å². The highest BCUT2D eigenvalue weighted by molar-refractivity contribution is 7.99. The molecule has 0 fully saturated rings. The number of thioether (sulfide) groups is 1. The molecule has 1 aromatic heterocycles. The lowest BCUT2D eigenvalue weighted by Gasteiger charge is -2.28. The van der Waals surface area contributed by atoms with E-state index < -0.39 is 12.0 Å². The number of methoxy groups -OCH3 is 1. The molecule has 0 bridgehead atoms. The lowest BCUT2D eigenvalue weighted by atomic mass is 9.95. The number of fused-ring (bicyclic) bond motifs is 1. The normalized spacial score (nSPS) is 14.8. The fraction of sp³-hybridized carbons (Fsp3) is 0.346. The van der Waals surface area contributed by atoms with Crippen molar-refractivity contribution < 1.29 is 19.0 Å². The number of benzene rings is 2. The van der Waals surface area contributed by atoms with E-state index in [1.807, 2.05) is 56.3 Å². The maximum absolute atomic E-state index is 12.9. The number of halogens is 1. The molecule has 1 atom stereocenters. The first kappa shape index (κ1) is 25.9. The highest BCUT2D eigenvalue weighted by atomic mass is 35.5. The van der Waals surface area contributed by atoms with Gasteiger partial charge in [-0.15, -0.1) is 5.10 Å². The number of ether oxygens (including phenoxy) is 3. The molecule has 0 aliphatic carbocycles. The number of aromatic nitrogens is 3. The number of anilines is 1. The highest BCUT2D eigenvalue weighted by Gasteiger charge is 2.35. The van der Waals surface area contributed by atoms with E-state index in [4.69, 9.17) is 30.9 Å². The SMILES string of the molecule is CCCSc1nc2n(n1)C(c1ccc(OCc3ccccc3Cl)c(OCC)c1)C(C(=O)OC)=C(C)N2. The van der Waals surface area contributed by atoms with Gasteiger partial charge in [0.25, 0.3) is 0 Å². The molecule has 1 aliphatic rings. The molecule has 2 heterocycles. The number of nitrogens with zero attached hydrogens (tertiary/aromatic N) is 3. The summed E-state index contributed by atoms with van der Waals surface area (Å²) in [5, 5.41) is 9.20. The Morgan fingerprint density at radius 1 is 1.17 bits per heavy atom. The number of rotatable bonds is 10. The second kappa shape index (κ2) is 11.7. The molecule has 0 radical (unpaired) electrons. The molecule has 8 nitrogen and oxygen atoms in total. The van der Waals surface area contributed by atoms with E-state index in [1.165, 1.54) is 7.11 Å². The Bertz CT molecular complexity index is 1280. The number of allylic oxidation sites excluding steroid dienone is 1. The molecule has 0 spiro atoms. The summed E-state index contributed by atoms with van der Waals surface area (Å²) in [6, 6.07) is 12.6. The second-order valence-corrected chi connectivity index (χ2v) is 9.56. The van der Waals surface area contributed by atoms with Crippen LogP contribution in [0.3, 0.4) is 0 Å². The van der Waals surface area contributed by atoms with Crippen LogP contribution in [0.15, 0.2) is 58.9 Å². The Morgan fingerprint density at radius 3 is 2.69 bits per heavy atom. The van der Waals surface area contributed by atoms with Gasteiger partial charge in [0.15, 0.2) is 11.5 Å². The molecule has 1 aliphatic heterocycles. The Kier molecular flexibility index (Phi) is 8.43. The Morgan fingerprint density at radius 2 is 1.97 bits per heavy atom. The van der Waals surface area contributed by atoms with Crippen LogP contribution < -0.4 is 14.8 Å². The Hall–Kier alpha value is -3.17. The predicted octanol–water partition coefficient (Wildman–Crippen LogP) is 5.87. The molecule has 4 rings (SSSR count). The molecule has 3 aromatic rings. The average Bonchev–Trinajstić information content (AvgIpc) is 3.28. The van der Waals surface area contributed by atoms with Crippen LogP contribution in [0.1, 0.15) is 44.4 Å². The van der Waals surface area contributed by atoms with Crippen LogP contribution in [0, 0.1) is 0 Å². The zero-order valence-corrected chi connectivity index (χ0v) is 22.3. The van der Waals surface area contributed by atoms with Gasteiger partial charge in [0, 0.05) is 22.0 Å². The second-order valence-electron chi connectivity index (χ2n) is 8.09. The summed E-state index contributed by atoms with van der Waals surface area (Å²) >= 11 is 7.86. The first-order valence-electron chi connectivity index (χ1n) is 11.7. The van der Waals surface area contributed by atoms with Crippen LogP contribution in [0.25, 0.3) is 0 Å². The number of nitrogens with one attached hydrogen (secondary N) is 1. The van der Waals surface area contributed by atoms with Crippen LogP contribution in [0.2, 0.25) is 5.02 Å². The van der Waals surface area contributed by atoms with Gasteiger partial charge in [0.1, 0.15) is 12.6 Å². The third-order valence-corrected chi connectivity index (χ3v) is 7.01. The van der Waals surface area contributed by atoms with Crippen molar-refractivity contribution in [2.45, 2.75) is 45.0 Å². The summed E-state index contributed by atoms with van der Waals surface area (Å²) in [5.41, 5.74) is 2.79. The van der Waals surface area contributed by atoms with Crippen molar-refractivity contribution in [2.75, 3.05) is 24.8 Å². The van der Waals surface area contributed by atoms with Gasteiger partial charge in [-0.05, 0) is 44.0 Å². The zero-order valence-electron chi connectivity index (χ0n) is 20.7.